The maximum atomic E-state index is 4.01. The van der Waals surface area contributed by atoms with Gasteiger partial charge in [0.15, 0.2) is 0 Å². The van der Waals surface area contributed by atoms with Crippen LogP contribution < -0.4 is 3.80 Å². The molecule has 1 aliphatic rings. The van der Waals surface area contributed by atoms with Crippen LogP contribution in [0.3, 0.4) is 0 Å². The molecule has 0 fully saturated rings. The molecule has 3 rings (SSSR count). The Hall–Kier alpha value is -0.929. The summed E-state index contributed by atoms with van der Waals surface area (Å²) in [6.07, 6.45) is 2.43. The monoisotopic (exact) mass is 387 g/mol. The first-order chi connectivity index (χ1) is 11.2. The summed E-state index contributed by atoms with van der Waals surface area (Å²) in [6, 6.07) is 17.6. The van der Waals surface area contributed by atoms with Gasteiger partial charge in [-0.15, -0.1) is 0 Å². The van der Waals surface area contributed by atoms with Gasteiger partial charge in [-0.3, -0.25) is 0 Å². The van der Waals surface area contributed by atoms with Crippen LogP contribution in [-0.4, -0.2) is 16.5 Å². The molecule has 25 heavy (non-hydrogen) atoms. The zero-order valence-corrected chi connectivity index (χ0v) is 17.3. The van der Waals surface area contributed by atoms with Crippen LogP contribution in [0, 0.1) is 0 Å². The fourth-order valence-corrected chi connectivity index (χ4v) is 11.2. The Kier molecular flexibility index (Phi) is 6.00. The molecule has 0 spiro atoms. The van der Waals surface area contributed by atoms with Crippen molar-refractivity contribution in [1.29, 1.82) is 0 Å². The van der Waals surface area contributed by atoms with Crippen molar-refractivity contribution >= 4 is 17.0 Å². The molecule has 2 aromatic carbocycles. The van der Waals surface area contributed by atoms with Crippen molar-refractivity contribution in [3.8, 4) is 11.1 Å². The first-order valence-corrected chi connectivity index (χ1v) is 13.7. The molecule has 3 heteroatoms. The molecule has 1 N–H and O–H groups in total. The number of nitrogens with one attached hydrogen (secondary N) is 1. The molecule has 0 heterocycles. The SMILES string of the molecule is CC1=Cc2c(-c3ccccc3)cccc2[CH]1[Ti]([CH3])([CH3])[NH]C(C)(C)C.[SiH4]. The van der Waals surface area contributed by atoms with Gasteiger partial charge >= 0.3 is 151 Å². The van der Waals surface area contributed by atoms with Crippen LogP contribution in [0.4, 0.5) is 0 Å². The normalized spacial score (nSPS) is 16.9. The molecule has 1 atom stereocenters. The summed E-state index contributed by atoms with van der Waals surface area (Å²) in [5.74, 6) is 0. The summed E-state index contributed by atoms with van der Waals surface area (Å²) in [7, 11) is 0. The van der Waals surface area contributed by atoms with E-state index in [0.717, 1.165) is 0 Å². The maximum absolute atomic E-state index is 4.01. The van der Waals surface area contributed by atoms with E-state index in [2.05, 4.69) is 96.6 Å². The number of benzene rings is 2. The van der Waals surface area contributed by atoms with Crippen LogP contribution in [0.25, 0.3) is 17.2 Å². The van der Waals surface area contributed by atoms with Gasteiger partial charge in [-0.1, -0.05) is 0 Å². The minimum atomic E-state index is -2.24. The van der Waals surface area contributed by atoms with Gasteiger partial charge in [-0.2, -0.15) is 0 Å². The van der Waals surface area contributed by atoms with Gasteiger partial charge in [-0.05, 0) is 11.0 Å². The molecule has 0 saturated heterocycles. The zero-order chi connectivity index (χ0) is 17.5. The molecule has 0 aromatic heterocycles. The van der Waals surface area contributed by atoms with E-state index in [1.807, 2.05) is 0 Å². The fraction of sp³-hybridized carbons (Fsp3) is 0.364. The number of fused-ring (bicyclic) bond motifs is 1. The Balaban J connectivity index is 0.00000225. The predicted molar refractivity (Wildman–Crippen MR) is 114 cm³/mol. The predicted octanol–water partition coefficient (Wildman–Crippen LogP) is 4.91. The molecule has 2 aromatic rings. The Morgan fingerprint density at radius 2 is 1.56 bits per heavy atom. The van der Waals surface area contributed by atoms with E-state index < -0.39 is 16.8 Å². The zero-order valence-electron chi connectivity index (χ0n) is 15.8. The molecule has 1 aliphatic carbocycles. The van der Waals surface area contributed by atoms with E-state index in [9.17, 15) is 0 Å². The summed E-state index contributed by atoms with van der Waals surface area (Å²) in [6.45, 7) is 9.18. The second-order valence-electron chi connectivity index (χ2n) is 8.59. The minimum absolute atomic E-state index is 0. The van der Waals surface area contributed by atoms with E-state index in [4.69, 9.17) is 0 Å². The average molecular weight is 387 g/mol. The topological polar surface area (TPSA) is 12.0 Å². The fourth-order valence-electron chi connectivity index (χ4n) is 4.42. The Morgan fingerprint density at radius 3 is 2.16 bits per heavy atom. The molecule has 134 valence electrons. The third-order valence-corrected chi connectivity index (χ3v) is 10.4. The van der Waals surface area contributed by atoms with Crippen LogP contribution in [0.15, 0.2) is 54.1 Å². The van der Waals surface area contributed by atoms with Crippen molar-refractivity contribution in [2.75, 3.05) is 0 Å². The second-order valence-corrected chi connectivity index (χ2v) is 15.3. The standard InChI is InChI=1S/C16H13.C4H10N.2CH3.H4Si.Ti/c1-12-10-14-8-5-9-15(16(14)11-12)13-6-3-2-4-7-13;1-4(2,3)5;;;;/h2-11H,1H3;5H,1-3H3;2*1H3;1H4;/q;-1;;;;+1. The number of rotatable bonds is 3. The van der Waals surface area contributed by atoms with Crippen molar-refractivity contribution in [3.63, 3.8) is 0 Å². The van der Waals surface area contributed by atoms with Gasteiger partial charge in [0.2, 0.25) is 0 Å². The van der Waals surface area contributed by atoms with Crippen LogP contribution in [0.5, 0.6) is 0 Å². The molecular formula is C22H33NSiTi. The Bertz CT molecular complexity index is 772. The number of allylic oxidation sites excluding steroid dienone is 1. The quantitative estimate of drug-likeness (QED) is 0.738. The summed E-state index contributed by atoms with van der Waals surface area (Å²) in [4.78, 5) is 0. The van der Waals surface area contributed by atoms with Gasteiger partial charge in [0.1, 0.15) is 0 Å². The summed E-state index contributed by atoms with van der Waals surface area (Å²) >= 11 is -2.24. The van der Waals surface area contributed by atoms with Crippen LogP contribution in [0.2, 0.25) is 10.5 Å². The first-order valence-electron chi connectivity index (χ1n) is 8.85. The van der Waals surface area contributed by atoms with Gasteiger partial charge in [-0.25, -0.2) is 0 Å². The van der Waals surface area contributed by atoms with Crippen molar-refractivity contribution in [3.05, 3.63) is 65.2 Å². The number of hydrogen-bond donors (Lipinski definition) is 1. The van der Waals surface area contributed by atoms with E-state index in [1.54, 1.807) is 0 Å². The third-order valence-electron chi connectivity index (χ3n) is 4.78. The molecular weight excluding hydrogens is 354 g/mol. The minimum Gasteiger partial charge on any atom is -0.0149 e. The van der Waals surface area contributed by atoms with E-state index in [0.29, 0.717) is 4.22 Å². The van der Waals surface area contributed by atoms with Gasteiger partial charge < -0.3 is 0 Å². The van der Waals surface area contributed by atoms with Crippen LogP contribution in [0.1, 0.15) is 43.0 Å². The van der Waals surface area contributed by atoms with E-state index in [1.165, 1.54) is 27.8 Å². The average Bonchev–Trinajstić information content (AvgIpc) is 2.82. The van der Waals surface area contributed by atoms with Crippen LogP contribution in [-0.2, 0) is 16.8 Å². The molecule has 0 amide bonds. The molecule has 0 radical (unpaired) electrons. The van der Waals surface area contributed by atoms with Gasteiger partial charge in [0, 0.05) is 0 Å². The van der Waals surface area contributed by atoms with Crippen molar-refractivity contribution in [2.24, 2.45) is 0 Å². The van der Waals surface area contributed by atoms with Gasteiger partial charge in [0.05, 0.1) is 0 Å². The number of hydrogen-bond acceptors (Lipinski definition) is 1. The molecule has 0 saturated carbocycles. The maximum Gasteiger partial charge on any atom is -0.0149 e. The van der Waals surface area contributed by atoms with Crippen LogP contribution >= 0.6 is 0 Å². The Morgan fingerprint density at radius 1 is 0.920 bits per heavy atom. The molecule has 0 aliphatic heterocycles. The summed E-state index contributed by atoms with van der Waals surface area (Å²) in [5.41, 5.74) is 7.33. The molecule has 0 bridgehead atoms. The van der Waals surface area contributed by atoms with Gasteiger partial charge in [0.25, 0.3) is 0 Å². The third kappa shape index (κ3) is 4.25. The summed E-state index contributed by atoms with van der Waals surface area (Å²) < 4.78 is 4.60. The van der Waals surface area contributed by atoms with E-state index >= 15 is 0 Å². The largest absolute Gasteiger partial charge is 0.0149 e. The van der Waals surface area contributed by atoms with Crippen molar-refractivity contribution in [2.45, 2.75) is 47.9 Å². The van der Waals surface area contributed by atoms with Crippen molar-refractivity contribution < 1.29 is 16.8 Å². The van der Waals surface area contributed by atoms with E-state index in [-0.39, 0.29) is 16.5 Å². The molecule has 1 nitrogen and oxygen atoms in total. The smallest absolute Gasteiger partial charge is 0.0149 e. The molecule has 1 unspecified atom stereocenters. The first kappa shape index (κ1) is 20.4. The Labute approximate surface area is 161 Å². The van der Waals surface area contributed by atoms with Crippen molar-refractivity contribution in [1.82, 2.24) is 3.80 Å². The summed E-state index contributed by atoms with van der Waals surface area (Å²) in [5, 5.41) is 5.02. The second kappa shape index (κ2) is 7.36.